The van der Waals surface area contributed by atoms with Crippen molar-refractivity contribution in [3.8, 4) is 11.8 Å². The molecule has 0 unspecified atom stereocenters. The summed E-state index contributed by atoms with van der Waals surface area (Å²) in [4.78, 5) is 0. The van der Waals surface area contributed by atoms with E-state index >= 15 is 0 Å². The summed E-state index contributed by atoms with van der Waals surface area (Å²) < 4.78 is 16.4. The molecule has 1 saturated heterocycles. The van der Waals surface area contributed by atoms with E-state index in [1.807, 2.05) is 19.9 Å². The van der Waals surface area contributed by atoms with Crippen molar-refractivity contribution >= 4 is 12.9 Å². The zero-order valence-electron chi connectivity index (χ0n) is 13.4. The van der Waals surface area contributed by atoms with E-state index in [0.717, 1.165) is 5.46 Å². The van der Waals surface area contributed by atoms with Crippen molar-refractivity contribution in [1.82, 2.24) is 0 Å². The smallest absolute Gasteiger partial charge is 0.330 e. The van der Waals surface area contributed by atoms with Gasteiger partial charge >= 0.3 is 7.48 Å². The van der Waals surface area contributed by atoms with Crippen molar-refractivity contribution < 1.29 is 19.2 Å². The molecule has 0 atom stereocenters. The number of aliphatic hydroxyl groups is 1. The second kappa shape index (κ2) is 6.29. The van der Waals surface area contributed by atoms with Crippen LogP contribution in [0.4, 0.5) is 0 Å². The molecule has 5 nitrogen and oxygen atoms in total. The Morgan fingerprint density at radius 3 is 2.50 bits per heavy atom. The van der Waals surface area contributed by atoms with E-state index < -0.39 is 11.2 Å². The topological polar surface area (TPSA) is 71.7 Å². The first-order valence-corrected chi connectivity index (χ1v) is 7.25. The zero-order chi connectivity index (χ0) is 16.4. The number of benzene rings is 1. The molecule has 1 heterocycles. The van der Waals surface area contributed by atoms with Gasteiger partial charge in [-0.05, 0) is 39.8 Å². The normalized spacial score (nSPS) is 15.8. The third-order valence-electron chi connectivity index (χ3n) is 3.99. The predicted molar refractivity (Wildman–Crippen MR) is 83.2 cm³/mol. The zero-order valence-corrected chi connectivity index (χ0v) is 13.4. The third-order valence-corrected chi connectivity index (χ3v) is 3.99. The molecule has 2 rings (SSSR count). The number of nitriles is 1. The first-order valence-electron chi connectivity index (χ1n) is 7.25. The highest BCUT2D eigenvalue weighted by molar-refractivity contribution is 6.47. The van der Waals surface area contributed by atoms with Crippen molar-refractivity contribution in [3.63, 3.8) is 0 Å². The second-order valence-corrected chi connectivity index (χ2v) is 6.45. The summed E-state index contributed by atoms with van der Waals surface area (Å²) >= 11 is 0. The maximum atomic E-state index is 10.1. The Labute approximate surface area is 132 Å². The van der Waals surface area contributed by atoms with Crippen LogP contribution in [-0.2, 0) is 9.39 Å². The van der Waals surface area contributed by atoms with E-state index in [1.165, 1.54) is 0 Å². The van der Waals surface area contributed by atoms with Crippen LogP contribution >= 0.6 is 0 Å². The van der Waals surface area contributed by atoms with Gasteiger partial charge in [-0.15, -0.1) is 0 Å². The van der Waals surface area contributed by atoms with Gasteiger partial charge < -0.3 is 19.2 Å². The molecular weight excluding hydrogens is 281 g/mol. The van der Waals surface area contributed by atoms with Crippen molar-refractivity contribution in [3.05, 3.63) is 23.8 Å². The molecular formula is C16H21BNO4. The van der Waals surface area contributed by atoms with Crippen LogP contribution in [0.2, 0.25) is 0 Å². The van der Waals surface area contributed by atoms with Crippen molar-refractivity contribution in [1.29, 1.82) is 5.26 Å². The summed E-state index contributed by atoms with van der Waals surface area (Å²) in [6.45, 7) is 8.12. The van der Waals surface area contributed by atoms with Gasteiger partial charge in [-0.25, -0.2) is 0 Å². The van der Waals surface area contributed by atoms with Gasteiger partial charge in [0.15, 0.2) is 0 Å². The van der Waals surface area contributed by atoms with Crippen LogP contribution in [0.5, 0.6) is 5.75 Å². The van der Waals surface area contributed by atoms with Crippen LogP contribution in [0, 0.1) is 11.3 Å². The summed E-state index contributed by atoms with van der Waals surface area (Å²) in [7, 11) is 1.55. The van der Waals surface area contributed by atoms with Crippen molar-refractivity contribution in [2.24, 2.45) is 0 Å². The van der Waals surface area contributed by atoms with Crippen molar-refractivity contribution in [2.45, 2.75) is 45.0 Å². The van der Waals surface area contributed by atoms with Crippen LogP contribution in [0.3, 0.4) is 0 Å². The average molecular weight is 302 g/mol. The Morgan fingerprint density at radius 2 is 2.00 bits per heavy atom. The number of hydrogen-bond donors (Lipinski definition) is 1. The molecule has 0 bridgehead atoms. The Bertz CT molecular complexity index is 570. The lowest BCUT2D eigenvalue weighted by Gasteiger charge is -2.37. The summed E-state index contributed by atoms with van der Waals surface area (Å²) in [6.07, 6.45) is 0.0206. The third kappa shape index (κ3) is 3.80. The molecule has 0 spiro atoms. The SMILES string of the molecule is CC(C)(O)C(C)(C)O[B]c1ccc(OC2COC2)c(C#N)c1. The van der Waals surface area contributed by atoms with E-state index in [-0.39, 0.29) is 6.10 Å². The molecule has 1 N–H and O–H groups in total. The van der Waals surface area contributed by atoms with Crippen LogP contribution in [0.1, 0.15) is 33.3 Å². The number of rotatable bonds is 6. The minimum Gasteiger partial charge on any atom is -0.484 e. The Balaban J connectivity index is 2.05. The quantitative estimate of drug-likeness (QED) is 0.798. The van der Waals surface area contributed by atoms with E-state index in [0.29, 0.717) is 24.5 Å². The molecule has 1 aliphatic rings. The summed E-state index contributed by atoms with van der Waals surface area (Å²) in [5.74, 6) is 0.551. The first-order chi connectivity index (χ1) is 10.2. The van der Waals surface area contributed by atoms with Crippen LogP contribution in [0.15, 0.2) is 18.2 Å². The highest BCUT2D eigenvalue weighted by Gasteiger charge is 2.35. The van der Waals surface area contributed by atoms with E-state index in [4.69, 9.17) is 14.1 Å². The minimum absolute atomic E-state index is 0.0206. The molecule has 6 heteroatoms. The molecule has 1 fully saturated rings. The molecule has 0 saturated carbocycles. The molecule has 0 aromatic heterocycles. The second-order valence-electron chi connectivity index (χ2n) is 6.45. The first kappa shape index (κ1) is 16.8. The highest BCUT2D eigenvalue weighted by atomic mass is 16.6. The van der Waals surface area contributed by atoms with Gasteiger partial charge in [0.05, 0.1) is 30.0 Å². The van der Waals surface area contributed by atoms with Gasteiger partial charge in [0.25, 0.3) is 0 Å². The fourth-order valence-corrected chi connectivity index (χ4v) is 1.63. The lowest BCUT2D eigenvalue weighted by atomic mass is 9.82. The highest BCUT2D eigenvalue weighted by Crippen LogP contribution is 2.24. The summed E-state index contributed by atoms with van der Waals surface area (Å²) in [6, 6.07) is 7.40. The van der Waals surface area contributed by atoms with Gasteiger partial charge in [0.1, 0.15) is 17.9 Å². The fraction of sp³-hybridized carbons (Fsp3) is 0.562. The van der Waals surface area contributed by atoms with Gasteiger partial charge in [-0.2, -0.15) is 5.26 Å². The maximum Gasteiger partial charge on any atom is 0.330 e. The van der Waals surface area contributed by atoms with Crippen LogP contribution < -0.4 is 10.2 Å². The number of nitrogens with zero attached hydrogens (tertiary/aromatic N) is 1. The number of ether oxygens (including phenoxy) is 2. The standard InChI is InChI=1S/C16H21BNO4/c1-15(2,19)16(3,4)22-17-12-5-6-14(11(7-12)8-18)21-13-9-20-10-13/h5-7,13,19H,9-10H2,1-4H3. The van der Waals surface area contributed by atoms with Crippen LogP contribution in [0.25, 0.3) is 0 Å². The van der Waals surface area contributed by atoms with E-state index in [1.54, 1.807) is 33.5 Å². The fourth-order valence-electron chi connectivity index (χ4n) is 1.63. The molecule has 0 aliphatic carbocycles. The van der Waals surface area contributed by atoms with E-state index in [2.05, 4.69) is 6.07 Å². The Hall–Kier alpha value is -1.55. The summed E-state index contributed by atoms with van der Waals surface area (Å²) in [5, 5.41) is 19.3. The molecule has 22 heavy (non-hydrogen) atoms. The average Bonchev–Trinajstić information content (AvgIpc) is 2.40. The predicted octanol–water partition coefficient (Wildman–Crippen LogP) is 1.15. The number of hydrogen-bond acceptors (Lipinski definition) is 5. The minimum atomic E-state index is -0.991. The lowest BCUT2D eigenvalue weighted by molar-refractivity contribution is -0.0893. The molecule has 1 aromatic carbocycles. The molecule has 1 radical (unpaired) electrons. The largest absolute Gasteiger partial charge is 0.484 e. The van der Waals surface area contributed by atoms with Crippen molar-refractivity contribution in [2.75, 3.05) is 13.2 Å². The molecule has 1 aliphatic heterocycles. The Kier molecular flexibility index (Phi) is 4.81. The lowest BCUT2D eigenvalue weighted by Crippen LogP contribution is -2.49. The molecule has 117 valence electrons. The van der Waals surface area contributed by atoms with Crippen LogP contribution in [-0.4, -0.2) is 43.1 Å². The van der Waals surface area contributed by atoms with Gasteiger partial charge in [0, 0.05) is 0 Å². The summed E-state index contributed by atoms with van der Waals surface area (Å²) in [5.41, 5.74) is -0.552. The Morgan fingerprint density at radius 1 is 1.32 bits per heavy atom. The van der Waals surface area contributed by atoms with Gasteiger partial charge in [-0.1, -0.05) is 11.5 Å². The molecule has 0 amide bonds. The maximum absolute atomic E-state index is 10.1. The monoisotopic (exact) mass is 302 g/mol. The van der Waals surface area contributed by atoms with E-state index in [9.17, 15) is 10.4 Å². The van der Waals surface area contributed by atoms with Gasteiger partial charge in [0.2, 0.25) is 0 Å². The van der Waals surface area contributed by atoms with Gasteiger partial charge in [-0.3, -0.25) is 0 Å². The molecule has 1 aromatic rings.